The number of carboxylic acid groups (broad SMARTS) is 1. The molecule has 0 saturated heterocycles. The van der Waals surface area contributed by atoms with Gasteiger partial charge < -0.3 is 20.3 Å². The Morgan fingerprint density at radius 2 is 2.00 bits per heavy atom. The largest absolute Gasteiger partial charge is 0.486 e. The minimum absolute atomic E-state index is 0.392. The van der Waals surface area contributed by atoms with E-state index in [2.05, 4.69) is 15.9 Å². The van der Waals surface area contributed by atoms with Crippen molar-refractivity contribution < 1.29 is 19.4 Å². The van der Waals surface area contributed by atoms with E-state index in [4.69, 9.17) is 20.3 Å². The summed E-state index contributed by atoms with van der Waals surface area (Å²) in [5.41, 5.74) is 5.98. The Morgan fingerprint density at radius 3 is 2.62 bits per heavy atom. The number of carbonyl (C=O) groups is 1. The number of benzene rings is 1. The van der Waals surface area contributed by atoms with E-state index in [-0.39, 0.29) is 0 Å². The molecule has 3 N–H and O–H groups in total. The van der Waals surface area contributed by atoms with Crippen LogP contribution in [0.2, 0.25) is 0 Å². The fourth-order valence-electron chi connectivity index (χ4n) is 1.50. The van der Waals surface area contributed by atoms with E-state index < -0.39 is 12.0 Å². The second kappa shape index (κ2) is 4.31. The van der Waals surface area contributed by atoms with Gasteiger partial charge in [-0.05, 0) is 22.0 Å². The lowest BCUT2D eigenvalue weighted by molar-refractivity contribution is -0.138. The van der Waals surface area contributed by atoms with Gasteiger partial charge in [0, 0.05) is 5.56 Å². The molecule has 0 aromatic heterocycles. The molecular formula is C10H10BrNO4. The predicted molar refractivity (Wildman–Crippen MR) is 59.7 cm³/mol. The van der Waals surface area contributed by atoms with Gasteiger partial charge in [0.2, 0.25) is 0 Å². The van der Waals surface area contributed by atoms with Gasteiger partial charge in [-0.25, -0.2) is 0 Å². The molecule has 1 unspecified atom stereocenters. The minimum atomic E-state index is -1.11. The Hall–Kier alpha value is -1.27. The molecule has 1 atom stereocenters. The summed E-state index contributed by atoms with van der Waals surface area (Å²) in [6.07, 6.45) is 0. The van der Waals surface area contributed by atoms with Crippen LogP contribution in [0.25, 0.3) is 0 Å². The molecule has 16 heavy (non-hydrogen) atoms. The maximum atomic E-state index is 10.8. The molecule has 1 aromatic carbocycles. The Morgan fingerprint density at radius 1 is 1.38 bits per heavy atom. The van der Waals surface area contributed by atoms with Gasteiger partial charge in [-0.1, -0.05) is 6.07 Å². The summed E-state index contributed by atoms with van der Waals surface area (Å²) in [4.78, 5) is 10.8. The third-order valence-corrected chi connectivity index (χ3v) is 2.90. The highest BCUT2D eigenvalue weighted by molar-refractivity contribution is 9.10. The average molecular weight is 288 g/mol. The van der Waals surface area contributed by atoms with Crippen molar-refractivity contribution in [1.82, 2.24) is 0 Å². The van der Waals surface area contributed by atoms with E-state index >= 15 is 0 Å². The second-order valence-electron chi connectivity index (χ2n) is 3.31. The number of fused-ring (bicyclic) bond motifs is 1. The van der Waals surface area contributed by atoms with Gasteiger partial charge in [-0.2, -0.15) is 0 Å². The molecule has 0 saturated carbocycles. The highest BCUT2D eigenvalue weighted by Crippen LogP contribution is 2.41. The fraction of sp³-hybridized carbons (Fsp3) is 0.300. The first-order valence-electron chi connectivity index (χ1n) is 4.67. The van der Waals surface area contributed by atoms with Crippen molar-refractivity contribution in [3.63, 3.8) is 0 Å². The van der Waals surface area contributed by atoms with Crippen molar-refractivity contribution in [2.24, 2.45) is 5.73 Å². The summed E-state index contributed by atoms with van der Waals surface area (Å²) < 4.78 is 11.5. The number of carboxylic acids is 1. The van der Waals surface area contributed by atoms with Crippen LogP contribution in [0.4, 0.5) is 0 Å². The third-order valence-electron chi connectivity index (χ3n) is 2.27. The SMILES string of the molecule is NC(C(=O)O)c1ccc(Br)c2c1OCCO2. The van der Waals surface area contributed by atoms with E-state index in [1.165, 1.54) is 0 Å². The monoisotopic (exact) mass is 287 g/mol. The zero-order valence-electron chi connectivity index (χ0n) is 8.27. The van der Waals surface area contributed by atoms with Gasteiger partial charge in [0.25, 0.3) is 0 Å². The molecule has 0 amide bonds. The maximum absolute atomic E-state index is 10.8. The molecule has 5 nitrogen and oxygen atoms in total. The Bertz CT molecular complexity index is 435. The summed E-state index contributed by atoms with van der Waals surface area (Å²) in [5, 5.41) is 8.87. The quantitative estimate of drug-likeness (QED) is 0.857. The van der Waals surface area contributed by atoms with Crippen molar-refractivity contribution in [2.45, 2.75) is 6.04 Å². The van der Waals surface area contributed by atoms with Crippen molar-refractivity contribution >= 4 is 21.9 Å². The van der Waals surface area contributed by atoms with Gasteiger partial charge in [-0.3, -0.25) is 4.79 Å². The van der Waals surface area contributed by atoms with E-state index in [0.29, 0.717) is 30.3 Å². The summed E-state index contributed by atoms with van der Waals surface area (Å²) in [6, 6.07) is 2.21. The predicted octanol–water partition coefficient (Wildman–Crippen LogP) is 1.30. The number of halogens is 1. The number of nitrogens with two attached hydrogens (primary N) is 1. The molecule has 0 fully saturated rings. The highest BCUT2D eigenvalue weighted by Gasteiger charge is 2.25. The summed E-state index contributed by atoms with van der Waals surface area (Å²) >= 11 is 3.31. The first kappa shape index (κ1) is 11.2. The van der Waals surface area contributed by atoms with Crippen LogP contribution < -0.4 is 15.2 Å². The normalized spacial score (nSPS) is 15.6. The first-order chi connectivity index (χ1) is 7.61. The van der Waals surface area contributed by atoms with E-state index in [1.807, 2.05) is 0 Å². The lowest BCUT2D eigenvalue weighted by atomic mass is 10.1. The summed E-state index contributed by atoms with van der Waals surface area (Å²) in [6.45, 7) is 0.833. The molecule has 1 aliphatic heterocycles. The van der Waals surface area contributed by atoms with Gasteiger partial charge >= 0.3 is 5.97 Å². The van der Waals surface area contributed by atoms with Crippen molar-refractivity contribution in [3.8, 4) is 11.5 Å². The Balaban J connectivity index is 2.50. The zero-order valence-corrected chi connectivity index (χ0v) is 9.86. The van der Waals surface area contributed by atoms with Crippen molar-refractivity contribution in [3.05, 3.63) is 22.2 Å². The van der Waals surface area contributed by atoms with E-state index in [0.717, 1.165) is 4.47 Å². The van der Waals surface area contributed by atoms with Crippen LogP contribution in [-0.2, 0) is 4.79 Å². The molecule has 1 aliphatic rings. The fourth-order valence-corrected chi connectivity index (χ4v) is 1.93. The van der Waals surface area contributed by atoms with Crippen LogP contribution >= 0.6 is 15.9 Å². The molecule has 0 radical (unpaired) electrons. The van der Waals surface area contributed by atoms with Crippen LogP contribution in [0, 0.1) is 0 Å². The third kappa shape index (κ3) is 1.85. The topological polar surface area (TPSA) is 81.8 Å². The zero-order chi connectivity index (χ0) is 11.7. The number of ether oxygens (including phenoxy) is 2. The number of hydrogen-bond acceptors (Lipinski definition) is 4. The number of hydrogen-bond donors (Lipinski definition) is 2. The van der Waals surface area contributed by atoms with Crippen LogP contribution in [0.3, 0.4) is 0 Å². The smallest absolute Gasteiger partial charge is 0.325 e. The second-order valence-corrected chi connectivity index (χ2v) is 4.16. The van der Waals surface area contributed by atoms with Gasteiger partial charge in [0.15, 0.2) is 11.5 Å². The average Bonchev–Trinajstić information content (AvgIpc) is 2.29. The van der Waals surface area contributed by atoms with Crippen molar-refractivity contribution in [2.75, 3.05) is 13.2 Å². The number of rotatable bonds is 2. The molecule has 1 heterocycles. The molecule has 0 bridgehead atoms. The molecule has 0 aliphatic carbocycles. The maximum Gasteiger partial charge on any atom is 0.325 e. The van der Waals surface area contributed by atoms with Crippen LogP contribution in [-0.4, -0.2) is 24.3 Å². The summed E-state index contributed by atoms with van der Waals surface area (Å²) in [7, 11) is 0. The molecule has 2 rings (SSSR count). The van der Waals surface area contributed by atoms with Gasteiger partial charge in [0.1, 0.15) is 19.3 Å². The molecule has 0 spiro atoms. The number of aliphatic carboxylic acids is 1. The van der Waals surface area contributed by atoms with Crippen LogP contribution in [0.1, 0.15) is 11.6 Å². The van der Waals surface area contributed by atoms with Gasteiger partial charge in [0.05, 0.1) is 4.47 Å². The Kier molecular flexibility index (Phi) is 3.02. The summed E-state index contributed by atoms with van der Waals surface area (Å²) in [5.74, 6) is -0.172. The molecular weight excluding hydrogens is 278 g/mol. The first-order valence-corrected chi connectivity index (χ1v) is 5.47. The molecule has 6 heteroatoms. The minimum Gasteiger partial charge on any atom is -0.486 e. The molecule has 1 aromatic rings. The highest BCUT2D eigenvalue weighted by atomic mass is 79.9. The lowest BCUT2D eigenvalue weighted by Crippen LogP contribution is -2.24. The van der Waals surface area contributed by atoms with E-state index in [1.54, 1.807) is 12.1 Å². The van der Waals surface area contributed by atoms with Crippen molar-refractivity contribution in [1.29, 1.82) is 0 Å². The van der Waals surface area contributed by atoms with Crippen LogP contribution in [0.5, 0.6) is 11.5 Å². The van der Waals surface area contributed by atoms with Crippen LogP contribution in [0.15, 0.2) is 16.6 Å². The lowest BCUT2D eigenvalue weighted by Gasteiger charge is -2.23. The van der Waals surface area contributed by atoms with Gasteiger partial charge in [-0.15, -0.1) is 0 Å². The Labute approximate surface area is 100 Å². The standard InChI is InChI=1S/C10H10BrNO4/c11-6-2-1-5(7(12)10(13)14)8-9(6)16-4-3-15-8/h1-2,7H,3-4,12H2,(H,13,14). The molecule has 86 valence electrons. The van der Waals surface area contributed by atoms with E-state index in [9.17, 15) is 4.79 Å².